The molecule has 82 valence electrons. The summed E-state index contributed by atoms with van der Waals surface area (Å²) in [4.78, 5) is 10.4. The zero-order valence-electron chi connectivity index (χ0n) is 7.49. The zero-order chi connectivity index (χ0) is 11.8. The minimum atomic E-state index is -3.99. The van der Waals surface area contributed by atoms with Crippen molar-refractivity contribution < 1.29 is 18.3 Å². The minimum Gasteiger partial charge on any atom is -0.478 e. The van der Waals surface area contributed by atoms with Crippen LogP contribution in [0.1, 0.15) is 15.9 Å². The minimum absolute atomic E-state index is 0.0501. The average Bonchev–Trinajstić information content (AvgIpc) is 2.06. The third kappa shape index (κ3) is 2.62. The Labute approximate surface area is 95.9 Å². The van der Waals surface area contributed by atoms with E-state index >= 15 is 0 Å². The fourth-order valence-electron chi connectivity index (χ4n) is 1.03. The van der Waals surface area contributed by atoms with E-state index in [0.717, 1.165) is 6.07 Å². The SMILES string of the molecule is Cc1c(Cl)cc(C(=O)O)cc1S(=O)(=O)Cl. The van der Waals surface area contributed by atoms with Crippen LogP contribution in [0, 0.1) is 6.92 Å². The molecule has 1 N–H and O–H groups in total. The molecular weight excluding hydrogens is 263 g/mol. The summed E-state index contributed by atoms with van der Waals surface area (Å²) < 4.78 is 22.2. The number of halogens is 2. The lowest BCUT2D eigenvalue weighted by Crippen LogP contribution is -2.02. The van der Waals surface area contributed by atoms with Crippen LogP contribution in [0.4, 0.5) is 0 Å². The molecule has 0 atom stereocenters. The summed E-state index contributed by atoms with van der Waals surface area (Å²) in [5, 5.41) is 8.74. The van der Waals surface area contributed by atoms with Gasteiger partial charge in [-0.2, -0.15) is 0 Å². The standard InChI is InChI=1S/C8H6Cl2O4S/c1-4-6(9)2-5(8(11)12)3-7(4)15(10,13)14/h2-3H,1H3,(H,11,12). The molecule has 4 nitrogen and oxygen atoms in total. The molecule has 1 rings (SSSR count). The van der Waals surface area contributed by atoms with E-state index in [2.05, 4.69) is 0 Å². The van der Waals surface area contributed by atoms with Gasteiger partial charge in [0.1, 0.15) is 0 Å². The van der Waals surface area contributed by atoms with Gasteiger partial charge in [-0.25, -0.2) is 13.2 Å². The van der Waals surface area contributed by atoms with Crippen LogP contribution >= 0.6 is 22.3 Å². The van der Waals surface area contributed by atoms with Crippen molar-refractivity contribution in [2.45, 2.75) is 11.8 Å². The Balaban J connectivity index is 3.59. The molecule has 0 radical (unpaired) electrons. The van der Waals surface area contributed by atoms with E-state index in [4.69, 9.17) is 27.4 Å². The van der Waals surface area contributed by atoms with Crippen LogP contribution in [0.15, 0.2) is 17.0 Å². The van der Waals surface area contributed by atoms with Crippen molar-refractivity contribution in [1.29, 1.82) is 0 Å². The first-order valence-corrected chi connectivity index (χ1v) is 6.40. The summed E-state index contributed by atoms with van der Waals surface area (Å²) in [6.07, 6.45) is 0. The average molecular weight is 269 g/mol. The Hall–Kier alpha value is -0.780. The smallest absolute Gasteiger partial charge is 0.335 e. The van der Waals surface area contributed by atoms with Crippen molar-refractivity contribution in [2.24, 2.45) is 0 Å². The molecule has 0 aliphatic carbocycles. The molecular formula is C8H6Cl2O4S. The first-order valence-electron chi connectivity index (χ1n) is 3.71. The molecule has 1 aromatic rings. The fourth-order valence-corrected chi connectivity index (χ4v) is 2.53. The summed E-state index contributed by atoms with van der Waals surface area (Å²) >= 11 is 5.68. The summed E-state index contributed by atoms with van der Waals surface area (Å²) in [7, 11) is 1.15. The molecule has 0 bridgehead atoms. The van der Waals surface area contributed by atoms with Gasteiger partial charge < -0.3 is 5.11 Å². The second-order valence-electron chi connectivity index (χ2n) is 2.82. The van der Waals surface area contributed by atoms with Crippen LogP contribution in [-0.4, -0.2) is 19.5 Å². The Kier molecular flexibility index (Phi) is 3.28. The molecule has 7 heteroatoms. The van der Waals surface area contributed by atoms with Gasteiger partial charge in [0.15, 0.2) is 0 Å². The first-order chi connectivity index (χ1) is 6.73. The number of carboxylic acids is 1. The molecule has 0 fully saturated rings. The van der Waals surface area contributed by atoms with Crippen LogP contribution in [0.3, 0.4) is 0 Å². The molecule has 0 heterocycles. The van der Waals surface area contributed by atoms with E-state index in [1.54, 1.807) is 0 Å². The highest BCUT2D eigenvalue weighted by Gasteiger charge is 2.18. The van der Waals surface area contributed by atoms with Crippen molar-refractivity contribution in [3.63, 3.8) is 0 Å². The maximum atomic E-state index is 11.1. The molecule has 1 aromatic carbocycles. The second kappa shape index (κ2) is 4.00. The monoisotopic (exact) mass is 268 g/mol. The Morgan fingerprint density at radius 1 is 1.40 bits per heavy atom. The lowest BCUT2D eigenvalue weighted by Gasteiger charge is -2.05. The number of hydrogen-bond acceptors (Lipinski definition) is 3. The normalized spacial score (nSPS) is 11.4. The lowest BCUT2D eigenvalue weighted by molar-refractivity contribution is 0.0696. The van der Waals surface area contributed by atoms with Gasteiger partial charge in [0.05, 0.1) is 10.5 Å². The third-order valence-electron chi connectivity index (χ3n) is 1.81. The number of carbonyl (C=O) groups is 1. The highest BCUT2D eigenvalue weighted by molar-refractivity contribution is 8.13. The van der Waals surface area contributed by atoms with E-state index in [1.165, 1.54) is 13.0 Å². The quantitative estimate of drug-likeness (QED) is 0.836. The van der Waals surface area contributed by atoms with Gasteiger partial charge in [-0.1, -0.05) is 11.6 Å². The summed E-state index contributed by atoms with van der Waals surface area (Å²) in [5.41, 5.74) is 0.0153. The Bertz CT molecular complexity index is 522. The van der Waals surface area contributed by atoms with Crippen LogP contribution in [0.25, 0.3) is 0 Å². The predicted molar refractivity (Wildman–Crippen MR) is 56.2 cm³/mol. The Morgan fingerprint density at radius 3 is 2.33 bits per heavy atom. The Morgan fingerprint density at radius 2 is 1.93 bits per heavy atom. The highest BCUT2D eigenvalue weighted by atomic mass is 35.7. The molecule has 0 amide bonds. The van der Waals surface area contributed by atoms with Crippen LogP contribution < -0.4 is 0 Å². The van der Waals surface area contributed by atoms with Gasteiger partial charge in [0.2, 0.25) is 0 Å². The first kappa shape index (κ1) is 12.3. The molecule has 0 aliphatic heterocycles. The van der Waals surface area contributed by atoms with Gasteiger partial charge in [0, 0.05) is 15.7 Å². The highest BCUT2D eigenvalue weighted by Crippen LogP contribution is 2.27. The van der Waals surface area contributed by atoms with E-state index < -0.39 is 15.0 Å². The largest absolute Gasteiger partial charge is 0.478 e. The van der Waals surface area contributed by atoms with Gasteiger partial charge in [-0.05, 0) is 24.6 Å². The second-order valence-corrected chi connectivity index (χ2v) is 5.77. The van der Waals surface area contributed by atoms with E-state index in [9.17, 15) is 13.2 Å². The maximum absolute atomic E-state index is 11.1. The topological polar surface area (TPSA) is 71.4 Å². The number of carboxylic acid groups (broad SMARTS) is 1. The number of benzene rings is 1. The molecule has 0 aromatic heterocycles. The molecule has 0 saturated carbocycles. The molecule has 0 spiro atoms. The lowest BCUT2D eigenvalue weighted by atomic mass is 10.1. The van der Waals surface area contributed by atoms with Crippen molar-refractivity contribution in [3.05, 3.63) is 28.3 Å². The zero-order valence-corrected chi connectivity index (χ0v) is 9.82. The van der Waals surface area contributed by atoms with Crippen LogP contribution in [-0.2, 0) is 9.05 Å². The fraction of sp³-hybridized carbons (Fsp3) is 0.125. The van der Waals surface area contributed by atoms with Crippen molar-refractivity contribution in [2.75, 3.05) is 0 Å². The number of rotatable bonds is 2. The van der Waals surface area contributed by atoms with Crippen LogP contribution in [0.5, 0.6) is 0 Å². The maximum Gasteiger partial charge on any atom is 0.335 e. The van der Waals surface area contributed by atoms with Gasteiger partial charge >= 0.3 is 5.97 Å². The molecule has 15 heavy (non-hydrogen) atoms. The molecule has 0 unspecified atom stereocenters. The van der Waals surface area contributed by atoms with Gasteiger partial charge in [-0.15, -0.1) is 0 Å². The van der Waals surface area contributed by atoms with Gasteiger partial charge in [0.25, 0.3) is 9.05 Å². The summed E-state index contributed by atoms with van der Waals surface area (Å²) in [6, 6.07) is 2.15. The van der Waals surface area contributed by atoms with Crippen molar-refractivity contribution >= 4 is 37.3 Å². The number of hydrogen-bond donors (Lipinski definition) is 1. The number of aromatic carboxylic acids is 1. The van der Waals surface area contributed by atoms with E-state index in [-0.39, 0.29) is 21.0 Å². The summed E-state index contributed by atoms with van der Waals surface area (Å²) in [6.45, 7) is 1.45. The van der Waals surface area contributed by atoms with E-state index in [1.807, 2.05) is 0 Å². The predicted octanol–water partition coefficient (Wildman–Crippen LogP) is 2.27. The van der Waals surface area contributed by atoms with E-state index in [0.29, 0.717) is 0 Å². The molecule has 0 saturated heterocycles. The summed E-state index contributed by atoms with van der Waals surface area (Å²) in [5.74, 6) is -1.27. The van der Waals surface area contributed by atoms with Crippen molar-refractivity contribution in [3.8, 4) is 0 Å². The van der Waals surface area contributed by atoms with Crippen molar-refractivity contribution in [1.82, 2.24) is 0 Å². The van der Waals surface area contributed by atoms with Gasteiger partial charge in [-0.3, -0.25) is 0 Å². The molecule has 0 aliphatic rings. The van der Waals surface area contributed by atoms with Crippen LogP contribution in [0.2, 0.25) is 5.02 Å². The third-order valence-corrected chi connectivity index (χ3v) is 3.65.